The average Bonchev–Trinajstić information content (AvgIpc) is 2.62. The van der Waals surface area contributed by atoms with Gasteiger partial charge in [0.1, 0.15) is 0 Å². The number of hydrogen-bond acceptors (Lipinski definition) is 5. The van der Waals surface area contributed by atoms with E-state index in [1.54, 1.807) is 19.9 Å². The smallest absolute Gasteiger partial charge is 0.330 e. The van der Waals surface area contributed by atoms with E-state index in [0.717, 1.165) is 0 Å². The lowest BCUT2D eigenvalue weighted by Crippen LogP contribution is -1.93. The molecule has 0 saturated heterocycles. The number of carbonyl (C=O) groups is 5. The first kappa shape index (κ1) is 37.8. The van der Waals surface area contributed by atoms with Crippen molar-refractivity contribution in [3.8, 4) is 0 Å². The lowest BCUT2D eigenvalue weighted by molar-refractivity contribution is -0.133. The van der Waals surface area contributed by atoms with Gasteiger partial charge in [0.2, 0.25) is 0 Å². The van der Waals surface area contributed by atoms with Crippen molar-refractivity contribution in [1.29, 1.82) is 0 Å². The Morgan fingerprint density at radius 2 is 0.613 bits per heavy atom. The third-order valence-corrected chi connectivity index (χ3v) is 2.23. The topological polar surface area (TPSA) is 186 Å². The van der Waals surface area contributed by atoms with Crippen LogP contribution >= 0.6 is 0 Å². The number of aliphatic carboxylic acids is 5. The van der Waals surface area contributed by atoms with Gasteiger partial charge in [-0.3, -0.25) is 0 Å². The fraction of sp³-hybridized carbons (Fsp3) is 0.286. The first-order valence-electron chi connectivity index (χ1n) is 8.17. The zero-order valence-corrected chi connectivity index (χ0v) is 18.7. The van der Waals surface area contributed by atoms with Gasteiger partial charge in [0.25, 0.3) is 0 Å². The largest absolute Gasteiger partial charge is 0.478 e. The lowest BCUT2D eigenvalue weighted by Gasteiger charge is -1.84. The molecule has 0 aliphatic heterocycles. The molecule has 0 heterocycles. The van der Waals surface area contributed by atoms with Gasteiger partial charge in [0.15, 0.2) is 0 Å². The summed E-state index contributed by atoms with van der Waals surface area (Å²) >= 11 is 0. The molecule has 0 fully saturated rings. The fourth-order valence-corrected chi connectivity index (χ4v) is 0.123. The van der Waals surface area contributed by atoms with Crippen molar-refractivity contribution in [3.63, 3.8) is 0 Å². The maximum Gasteiger partial charge on any atom is 0.330 e. The third kappa shape index (κ3) is 46.2. The predicted molar refractivity (Wildman–Crippen MR) is 117 cm³/mol. The first-order valence-corrected chi connectivity index (χ1v) is 8.17. The summed E-state index contributed by atoms with van der Waals surface area (Å²) in [5.41, 5.74) is 1.09. The molecule has 10 nitrogen and oxygen atoms in total. The van der Waals surface area contributed by atoms with Crippen molar-refractivity contribution < 1.29 is 49.5 Å². The molecule has 0 aromatic heterocycles. The van der Waals surface area contributed by atoms with Crippen LogP contribution in [0.3, 0.4) is 0 Å². The van der Waals surface area contributed by atoms with Crippen LogP contribution in [0.2, 0.25) is 0 Å². The second kappa shape index (κ2) is 22.3. The van der Waals surface area contributed by atoms with Crippen LogP contribution in [0.25, 0.3) is 0 Å². The summed E-state index contributed by atoms with van der Waals surface area (Å²) < 4.78 is 0. The molecule has 0 unspecified atom stereocenters. The minimum Gasteiger partial charge on any atom is -0.478 e. The highest BCUT2D eigenvalue weighted by Crippen LogP contribution is 1.88. The van der Waals surface area contributed by atoms with Crippen molar-refractivity contribution >= 4 is 29.8 Å². The lowest BCUT2D eigenvalue weighted by atomic mass is 10.3. The minimum atomic E-state index is -0.935. The van der Waals surface area contributed by atoms with Crippen LogP contribution in [0, 0.1) is 0 Å². The molecule has 0 aliphatic carbocycles. The van der Waals surface area contributed by atoms with E-state index in [2.05, 4.69) is 26.3 Å². The standard InChI is InChI=1S/C5H8O2.4C4H6O2/c1-3-4(2)5(6)7;4*1-3(2)4(5)6/h3H,1-2H3,(H,6,7);4*1H2,2H3,(H,5,6). The summed E-state index contributed by atoms with van der Waals surface area (Å²) in [6.07, 6.45) is 1.56. The summed E-state index contributed by atoms with van der Waals surface area (Å²) in [6, 6.07) is 0. The molecule has 0 bridgehead atoms. The molecule has 0 spiro atoms. The maximum absolute atomic E-state index is 9.86. The highest BCUT2D eigenvalue weighted by Gasteiger charge is 1.93. The molecule has 0 saturated carbocycles. The van der Waals surface area contributed by atoms with Gasteiger partial charge < -0.3 is 25.5 Å². The molecule has 5 N–H and O–H groups in total. The van der Waals surface area contributed by atoms with Crippen LogP contribution in [0.4, 0.5) is 0 Å². The summed E-state index contributed by atoms with van der Waals surface area (Å²) in [4.78, 5) is 48.3. The Kier molecular flexibility index (Phi) is 27.2. The average molecular weight is 444 g/mol. The predicted octanol–water partition coefficient (Wildman–Crippen LogP) is 3.63. The van der Waals surface area contributed by atoms with Crippen molar-refractivity contribution in [3.05, 3.63) is 60.3 Å². The van der Waals surface area contributed by atoms with E-state index >= 15 is 0 Å². The summed E-state index contributed by atoms with van der Waals surface area (Å²) in [6.45, 7) is 21.7. The number of carboxylic acids is 5. The molecular weight excluding hydrogens is 412 g/mol. The van der Waals surface area contributed by atoms with Gasteiger partial charge in [-0.15, -0.1) is 0 Å². The van der Waals surface area contributed by atoms with Gasteiger partial charge in [-0.25, -0.2) is 24.0 Å². The Morgan fingerprint density at radius 1 is 0.484 bits per heavy atom. The van der Waals surface area contributed by atoms with E-state index in [9.17, 15) is 24.0 Å². The van der Waals surface area contributed by atoms with Gasteiger partial charge in [-0.2, -0.15) is 0 Å². The van der Waals surface area contributed by atoms with Crippen LogP contribution in [-0.4, -0.2) is 55.4 Å². The summed E-state index contributed by atoms with van der Waals surface area (Å²) in [5, 5.41) is 39.7. The molecule has 0 radical (unpaired) electrons. The second-order valence-electron chi connectivity index (χ2n) is 5.62. The maximum atomic E-state index is 9.86. The monoisotopic (exact) mass is 444 g/mol. The quantitative estimate of drug-likeness (QED) is 0.392. The SMILES string of the molecule is C=C(C)C(=O)O.C=C(C)C(=O)O.C=C(C)C(=O)O.C=C(C)C(=O)O.CC=C(C)C(=O)O. The van der Waals surface area contributed by atoms with Crippen LogP contribution in [-0.2, 0) is 24.0 Å². The van der Waals surface area contributed by atoms with E-state index in [-0.39, 0.29) is 22.3 Å². The number of hydrogen-bond donors (Lipinski definition) is 5. The van der Waals surface area contributed by atoms with Gasteiger partial charge in [0.05, 0.1) is 0 Å². The molecule has 0 aromatic rings. The normalized spacial score (nSPS) is 8.39. The molecule has 0 rings (SSSR count). The Balaban J connectivity index is -0.0000000910. The van der Waals surface area contributed by atoms with E-state index in [1.807, 2.05) is 0 Å². The molecule has 31 heavy (non-hydrogen) atoms. The van der Waals surface area contributed by atoms with E-state index in [4.69, 9.17) is 25.5 Å². The van der Waals surface area contributed by atoms with Crippen molar-refractivity contribution in [2.75, 3.05) is 0 Å². The summed E-state index contributed by atoms with van der Waals surface area (Å²) in [7, 11) is 0. The number of carboxylic acid groups (broad SMARTS) is 5. The Bertz CT molecular complexity index is 580. The van der Waals surface area contributed by atoms with Gasteiger partial charge >= 0.3 is 29.8 Å². The third-order valence-electron chi connectivity index (χ3n) is 2.23. The van der Waals surface area contributed by atoms with E-state index < -0.39 is 29.8 Å². The van der Waals surface area contributed by atoms with Crippen LogP contribution in [0.5, 0.6) is 0 Å². The Labute approximate surface area is 181 Å². The van der Waals surface area contributed by atoms with Crippen LogP contribution in [0.1, 0.15) is 41.5 Å². The van der Waals surface area contributed by atoms with Gasteiger partial charge in [0, 0.05) is 27.9 Å². The van der Waals surface area contributed by atoms with Crippen LogP contribution < -0.4 is 0 Å². The number of allylic oxidation sites excluding steroid dienone is 1. The van der Waals surface area contributed by atoms with E-state index in [0.29, 0.717) is 5.57 Å². The minimum absolute atomic E-state index is 0.176. The first-order chi connectivity index (χ1) is 13.8. The molecule has 0 atom stereocenters. The second-order valence-corrected chi connectivity index (χ2v) is 5.62. The van der Waals surface area contributed by atoms with Gasteiger partial charge in [-0.1, -0.05) is 32.4 Å². The molecular formula is C21H32O10. The van der Waals surface area contributed by atoms with E-state index in [1.165, 1.54) is 27.7 Å². The number of rotatable bonds is 5. The molecule has 0 amide bonds. The Morgan fingerprint density at radius 3 is 0.613 bits per heavy atom. The highest BCUT2D eigenvalue weighted by atomic mass is 16.4. The molecule has 0 aromatic carbocycles. The van der Waals surface area contributed by atoms with Crippen molar-refractivity contribution in [1.82, 2.24) is 0 Å². The molecule has 10 heteroatoms. The molecule has 176 valence electrons. The highest BCUT2D eigenvalue weighted by molar-refractivity contribution is 5.86. The van der Waals surface area contributed by atoms with Crippen molar-refractivity contribution in [2.24, 2.45) is 0 Å². The van der Waals surface area contributed by atoms with Crippen molar-refractivity contribution in [2.45, 2.75) is 41.5 Å². The summed E-state index contributed by atoms with van der Waals surface area (Å²) in [5.74, 6) is -4.59. The Hall–Kier alpha value is -3.95. The zero-order valence-electron chi connectivity index (χ0n) is 18.7. The van der Waals surface area contributed by atoms with Gasteiger partial charge in [-0.05, 0) is 41.5 Å². The zero-order chi connectivity index (χ0) is 26.5. The van der Waals surface area contributed by atoms with Crippen LogP contribution in [0.15, 0.2) is 60.3 Å². The molecule has 0 aliphatic rings. The fourth-order valence-electron chi connectivity index (χ4n) is 0.123.